The maximum Gasteiger partial charge on any atom is 0.272 e. The van der Waals surface area contributed by atoms with Gasteiger partial charge in [0.2, 0.25) is 0 Å². The third-order valence-corrected chi connectivity index (χ3v) is 2.77. The van der Waals surface area contributed by atoms with Gasteiger partial charge in [0.15, 0.2) is 0 Å². The zero-order chi connectivity index (χ0) is 14.7. The van der Waals surface area contributed by atoms with Crippen LogP contribution < -0.4 is 10.5 Å². The highest BCUT2D eigenvalue weighted by Crippen LogP contribution is 2.27. The number of hydrogen-bond acceptors (Lipinski definition) is 4. The molecular weight excluding hydrogens is 258 g/mol. The van der Waals surface area contributed by atoms with Crippen LogP contribution in [-0.4, -0.2) is 10.8 Å². The number of ether oxygens (including phenoxy) is 1. The molecule has 6 nitrogen and oxygen atoms in total. The molecule has 6 heteroatoms. The van der Waals surface area contributed by atoms with Crippen molar-refractivity contribution in [2.45, 2.75) is 6.92 Å². The highest BCUT2D eigenvalue weighted by molar-refractivity contribution is 5.94. The molecule has 20 heavy (non-hydrogen) atoms. The van der Waals surface area contributed by atoms with E-state index >= 15 is 0 Å². The van der Waals surface area contributed by atoms with E-state index in [1.807, 2.05) is 0 Å². The van der Waals surface area contributed by atoms with Gasteiger partial charge in [0.25, 0.3) is 5.69 Å². The van der Waals surface area contributed by atoms with Gasteiger partial charge < -0.3 is 10.5 Å². The molecule has 0 aliphatic rings. The number of nitro benzene ring substituents is 1. The predicted molar refractivity (Wildman–Crippen MR) is 75.4 cm³/mol. The van der Waals surface area contributed by atoms with Gasteiger partial charge >= 0.3 is 0 Å². The lowest BCUT2D eigenvalue weighted by Crippen LogP contribution is -2.10. The van der Waals surface area contributed by atoms with Crippen LogP contribution in [0.5, 0.6) is 11.5 Å². The smallest absolute Gasteiger partial charge is 0.272 e. The number of hydrogen-bond donors (Lipinski definition) is 2. The van der Waals surface area contributed by atoms with E-state index in [0.717, 1.165) is 0 Å². The molecule has 0 saturated carbocycles. The van der Waals surface area contributed by atoms with Gasteiger partial charge in [0.05, 0.1) is 4.92 Å². The quantitative estimate of drug-likeness (QED) is 0.386. The average molecular weight is 271 g/mol. The van der Waals surface area contributed by atoms with Crippen LogP contribution in [0.15, 0.2) is 42.5 Å². The van der Waals surface area contributed by atoms with E-state index in [0.29, 0.717) is 22.6 Å². The number of aryl methyl sites for hydroxylation is 1. The van der Waals surface area contributed by atoms with Crippen molar-refractivity contribution in [3.05, 3.63) is 63.7 Å². The van der Waals surface area contributed by atoms with Gasteiger partial charge in [0.1, 0.15) is 17.3 Å². The summed E-state index contributed by atoms with van der Waals surface area (Å²) in [6.45, 7) is 1.66. The molecule has 2 aromatic carbocycles. The Kier molecular flexibility index (Phi) is 3.65. The molecule has 0 heterocycles. The van der Waals surface area contributed by atoms with Crippen LogP contribution in [0.3, 0.4) is 0 Å². The van der Waals surface area contributed by atoms with E-state index < -0.39 is 4.92 Å². The molecule has 0 bridgehead atoms. The molecule has 0 unspecified atom stereocenters. The molecule has 0 atom stereocenters. The van der Waals surface area contributed by atoms with E-state index in [1.165, 1.54) is 6.07 Å². The topological polar surface area (TPSA) is 102 Å². The minimum atomic E-state index is -0.430. The Morgan fingerprint density at radius 2 is 1.80 bits per heavy atom. The zero-order valence-corrected chi connectivity index (χ0v) is 10.8. The van der Waals surface area contributed by atoms with Crippen molar-refractivity contribution >= 4 is 11.5 Å². The third-order valence-electron chi connectivity index (χ3n) is 2.77. The Labute approximate surface area is 115 Å². The summed E-state index contributed by atoms with van der Waals surface area (Å²) in [5.74, 6) is 1.08. The number of nitrogens with zero attached hydrogens (tertiary/aromatic N) is 1. The van der Waals surface area contributed by atoms with Crippen LogP contribution in [0.2, 0.25) is 0 Å². The summed E-state index contributed by atoms with van der Waals surface area (Å²) in [5.41, 5.74) is 6.56. The minimum absolute atomic E-state index is 0.0114. The van der Waals surface area contributed by atoms with Crippen molar-refractivity contribution in [3.8, 4) is 11.5 Å². The highest BCUT2D eigenvalue weighted by Gasteiger charge is 2.11. The van der Waals surface area contributed by atoms with E-state index in [1.54, 1.807) is 43.3 Å². The van der Waals surface area contributed by atoms with E-state index in [4.69, 9.17) is 15.9 Å². The largest absolute Gasteiger partial charge is 0.457 e. The lowest BCUT2D eigenvalue weighted by Gasteiger charge is -2.07. The third kappa shape index (κ3) is 2.92. The normalized spacial score (nSPS) is 10.1. The maximum atomic E-state index is 10.7. The monoisotopic (exact) mass is 271 g/mol. The molecule has 0 amide bonds. The second kappa shape index (κ2) is 5.40. The lowest BCUT2D eigenvalue weighted by molar-refractivity contribution is -0.385. The van der Waals surface area contributed by atoms with Crippen LogP contribution in [0.1, 0.15) is 11.1 Å². The predicted octanol–water partition coefficient (Wildman–Crippen LogP) is 2.98. The van der Waals surface area contributed by atoms with Gasteiger partial charge in [-0.05, 0) is 43.3 Å². The fourth-order valence-corrected chi connectivity index (χ4v) is 1.73. The number of amidine groups is 1. The molecule has 0 aliphatic carbocycles. The van der Waals surface area contributed by atoms with Crippen LogP contribution in [0, 0.1) is 22.4 Å². The maximum absolute atomic E-state index is 10.7. The molecule has 0 aromatic heterocycles. The van der Waals surface area contributed by atoms with E-state index in [9.17, 15) is 10.1 Å². The van der Waals surface area contributed by atoms with Crippen molar-refractivity contribution in [1.82, 2.24) is 0 Å². The first-order chi connectivity index (χ1) is 9.47. The SMILES string of the molecule is Cc1cc(Oc2ccc(C(=N)N)cc2)ccc1[N+](=O)[O-]. The van der Waals surface area contributed by atoms with Crippen molar-refractivity contribution in [2.75, 3.05) is 0 Å². The first kappa shape index (κ1) is 13.5. The molecule has 0 radical (unpaired) electrons. The zero-order valence-electron chi connectivity index (χ0n) is 10.8. The first-order valence-corrected chi connectivity index (χ1v) is 5.85. The number of nitro groups is 1. The van der Waals surface area contributed by atoms with Gasteiger partial charge in [-0.1, -0.05) is 0 Å². The van der Waals surface area contributed by atoms with Crippen LogP contribution in [0.4, 0.5) is 5.69 Å². The van der Waals surface area contributed by atoms with E-state index in [2.05, 4.69) is 0 Å². The summed E-state index contributed by atoms with van der Waals surface area (Å²) in [4.78, 5) is 10.3. The minimum Gasteiger partial charge on any atom is -0.457 e. The van der Waals surface area contributed by atoms with E-state index in [-0.39, 0.29) is 11.5 Å². The fourth-order valence-electron chi connectivity index (χ4n) is 1.73. The molecule has 0 fully saturated rings. The second-order valence-electron chi connectivity index (χ2n) is 4.25. The number of nitrogens with two attached hydrogens (primary N) is 1. The van der Waals surface area contributed by atoms with Crippen LogP contribution in [-0.2, 0) is 0 Å². The van der Waals surface area contributed by atoms with Gasteiger partial charge in [-0.25, -0.2) is 0 Å². The van der Waals surface area contributed by atoms with Crippen molar-refractivity contribution in [2.24, 2.45) is 5.73 Å². The Hall–Kier alpha value is -2.89. The van der Waals surface area contributed by atoms with Gasteiger partial charge in [-0.3, -0.25) is 15.5 Å². The van der Waals surface area contributed by atoms with Gasteiger partial charge in [0, 0.05) is 17.2 Å². The summed E-state index contributed by atoms with van der Waals surface area (Å²) < 4.78 is 5.59. The Bertz CT molecular complexity index is 666. The molecular formula is C14H13N3O3. The molecule has 0 spiro atoms. The standard InChI is InChI=1S/C14H13N3O3/c1-9-8-12(6-7-13(9)17(18)19)20-11-4-2-10(3-5-11)14(15)16/h2-8H,1H3,(H3,15,16). The molecule has 0 saturated heterocycles. The van der Waals surface area contributed by atoms with Crippen molar-refractivity contribution in [1.29, 1.82) is 5.41 Å². The number of rotatable bonds is 4. The molecule has 3 N–H and O–H groups in total. The van der Waals surface area contributed by atoms with Crippen LogP contribution in [0.25, 0.3) is 0 Å². The Morgan fingerprint density at radius 1 is 1.20 bits per heavy atom. The van der Waals surface area contributed by atoms with Crippen molar-refractivity contribution in [3.63, 3.8) is 0 Å². The fraction of sp³-hybridized carbons (Fsp3) is 0.0714. The summed E-state index contributed by atoms with van der Waals surface area (Å²) in [6.07, 6.45) is 0. The van der Waals surface area contributed by atoms with Gasteiger partial charge in [-0.15, -0.1) is 0 Å². The lowest BCUT2D eigenvalue weighted by atomic mass is 10.2. The molecule has 0 aliphatic heterocycles. The number of nitrogen functional groups attached to an aromatic ring is 1. The summed E-state index contributed by atoms with van der Waals surface area (Å²) in [6, 6.07) is 11.3. The second-order valence-corrected chi connectivity index (χ2v) is 4.25. The average Bonchev–Trinajstić information content (AvgIpc) is 2.39. The highest BCUT2D eigenvalue weighted by atomic mass is 16.6. The molecule has 102 valence electrons. The Morgan fingerprint density at radius 3 is 2.30 bits per heavy atom. The first-order valence-electron chi connectivity index (χ1n) is 5.85. The van der Waals surface area contributed by atoms with Crippen LogP contribution >= 0.6 is 0 Å². The molecule has 2 aromatic rings. The number of nitrogens with one attached hydrogen (secondary N) is 1. The van der Waals surface area contributed by atoms with Crippen molar-refractivity contribution < 1.29 is 9.66 Å². The van der Waals surface area contributed by atoms with Gasteiger partial charge in [-0.2, -0.15) is 0 Å². The Balaban J connectivity index is 2.19. The summed E-state index contributed by atoms with van der Waals surface area (Å²) in [7, 11) is 0. The summed E-state index contributed by atoms with van der Waals surface area (Å²) >= 11 is 0. The summed E-state index contributed by atoms with van der Waals surface area (Å²) in [5, 5.41) is 18.0. The molecule has 2 rings (SSSR count). The number of benzene rings is 2.